The molecule has 1 aliphatic carbocycles. The lowest BCUT2D eigenvalue weighted by atomic mass is 9.98. The van der Waals surface area contributed by atoms with E-state index >= 15 is 0 Å². The van der Waals surface area contributed by atoms with E-state index in [4.69, 9.17) is 4.74 Å². The number of halogens is 3. The predicted molar refractivity (Wildman–Crippen MR) is 109 cm³/mol. The first-order valence-electron chi connectivity index (χ1n) is 10.7. The summed E-state index contributed by atoms with van der Waals surface area (Å²) in [4.78, 5) is 7.89. The van der Waals surface area contributed by atoms with Crippen LogP contribution in [0.15, 0.2) is 17.4 Å². The van der Waals surface area contributed by atoms with Crippen LogP contribution in [0.5, 0.6) is 0 Å². The third-order valence-electron chi connectivity index (χ3n) is 5.30. The first-order valence-corrected chi connectivity index (χ1v) is 10.7. The number of hydrogen-bond acceptors (Lipinski definition) is 4. The van der Waals surface area contributed by atoms with Crippen molar-refractivity contribution in [3.8, 4) is 0 Å². The van der Waals surface area contributed by atoms with E-state index in [1.807, 2.05) is 6.92 Å². The highest BCUT2D eigenvalue weighted by molar-refractivity contribution is 5.79. The van der Waals surface area contributed by atoms with Crippen LogP contribution in [-0.4, -0.2) is 59.1 Å². The van der Waals surface area contributed by atoms with E-state index in [0.29, 0.717) is 25.7 Å². The van der Waals surface area contributed by atoms with E-state index in [1.165, 1.54) is 49.7 Å². The number of aryl methyl sites for hydroxylation is 1. The second kappa shape index (κ2) is 11.5. The Hall–Kier alpha value is -1.81. The van der Waals surface area contributed by atoms with Crippen molar-refractivity contribution < 1.29 is 23.0 Å². The number of aromatic nitrogens is 2. The molecule has 0 aliphatic heterocycles. The van der Waals surface area contributed by atoms with Crippen LogP contribution >= 0.6 is 0 Å². The highest BCUT2D eigenvalue weighted by Gasteiger charge is 2.57. The van der Waals surface area contributed by atoms with Crippen molar-refractivity contribution in [2.75, 3.05) is 26.2 Å². The molecule has 1 unspecified atom stereocenters. The number of aliphatic imine (C=N–C) groups is 1. The van der Waals surface area contributed by atoms with Crippen LogP contribution in [0.4, 0.5) is 13.2 Å². The van der Waals surface area contributed by atoms with Crippen LogP contribution < -0.4 is 10.6 Å². The van der Waals surface area contributed by atoms with E-state index in [0.717, 1.165) is 12.8 Å². The number of nitrogens with zero attached hydrogens (tertiary/aromatic N) is 3. The average molecular weight is 434 g/mol. The minimum atomic E-state index is -4.86. The number of nitrogens with one attached hydrogen (secondary N) is 2. The smallest absolute Gasteiger partial charge is 0.376 e. The lowest BCUT2D eigenvalue weighted by Gasteiger charge is -2.29. The molecule has 30 heavy (non-hydrogen) atoms. The first-order chi connectivity index (χ1) is 14.3. The molecule has 1 saturated carbocycles. The van der Waals surface area contributed by atoms with Crippen LogP contribution in [0.25, 0.3) is 0 Å². The van der Waals surface area contributed by atoms with Crippen molar-refractivity contribution in [2.45, 2.75) is 69.8 Å². The zero-order valence-electron chi connectivity index (χ0n) is 17.8. The molecule has 0 spiro atoms. The Morgan fingerprint density at radius 1 is 1.27 bits per heavy atom. The summed E-state index contributed by atoms with van der Waals surface area (Å²) in [6.07, 6.45) is 4.47. The molecule has 3 N–H and O–H groups in total. The lowest BCUT2D eigenvalue weighted by Crippen LogP contribution is -2.45. The second-order valence-corrected chi connectivity index (χ2v) is 7.64. The van der Waals surface area contributed by atoms with Gasteiger partial charge in [-0.05, 0) is 19.8 Å². The van der Waals surface area contributed by atoms with Crippen LogP contribution in [0.3, 0.4) is 0 Å². The maximum Gasteiger partial charge on any atom is 0.424 e. The van der Waals surface area contributed by atoms with Crippen LogP contribution in [-0.2, 0) is 17.4 Å². The fourth-order valence-electron chi connectivity index (χ4n) is 3.62. The Morgan fingerprint density at radius 3 is 2.53 bits per heavy atom. The van der Waals surface area contributed by atoms with Gasteiger partial charge in [0.2, 0.25) is 5.60 Å². The highest BCUT2D eigenvalue weighted by atomic mass is 19.4. The van der Waals surface area contributed by atoms with E-state index in [1.54, 1.807) is 0 Å². The number of rotatable bonds is 9. The number of alkyl halides is 3. The number of ether oxygens (including phenoxy) is 1. The average Bonchev–Trinajstić information content (AvgIpc) is 2.96. The Kier molecular flexibility index (Phi) is 9.41. The van der Waals surface area contributed by atoms with Gasteiger partial charge in [-0.3, -0.25) is 4.99 Å². The van der Waals surface area contributed by atoms with Gasteiger partial charge in [0, 0.05) is 45.5 Å². The van der Waals surface area contributed by atoms with E-state index < -0.39 is 24.0 Å². The fraction of sp³-hybridized carbons (Fsp3) is 0.800. The van der Waals surface area contributed by atoms with Gasteiger partial charge in [-0.2, -0.15) is 13.2 Å². The summed E-state index contributed by atoms with van der Waals surface area (Å²) < 4.78 is 47.8. The quantitative estimate of drug-likeness (QED) is 0.241. The third-order valence-corrected chi connectivity index (χ3v) is 5.30. The van der Waals surface area contributed by atoms with Gasteiger partial charge in [-0.1, -0.05) is 25.7 Å². The fourth-order valence-corrected chi connectivity index (χ4v) is 3.62. The molecule has 1 fully saturated rings. The lowest BCUT2D eigenvalue weighted by molar-refractivity contribution is -0.272. The summed E-state index contributed by atoms with van der Waals surface area (Å²) in [5.41, 5.74) is -3.06. The van der Waals surface area contributed by atoms with Crippen molar-refractivity contribution in [1.82, 2.24) is 20.2 Å². The zero-order chi connectivity index (χ0) is 22.0. The Balaban J connectivity index is 1.88. The molecule has 1 atom stereocenters. The van der Waals surface area contributed by atoms with Gasteiger partial charge in [0.1, 0.15) is 5.82 Å². The Morgan fingerprint density at radius 2 is 1.97 bits per heavy atom. The highest BCUT2D eigenvalue weighted by Crippen LogP contribution is 2.40. The Labute approximate surface area is 176 Å². The molecular formula is C20H34F3N5O2. The Bertz CT molecular complexity index is 657. The molecule has 172 valence electrons. The number of aliphatic hydroxyl groups is 1. The summed E-state index contributed by atoms with van der Waals surface area (Å²) in [6.45, 7) is 3.24. The van der Waals surface area contributed by atoms with E-state index in [2.05, 4.69) is 20.6 Å². The molecule has 0 saturated heterocycles. The largest absolute Gasteiger partial charge is 0.424 e. The molecule has 0 amide bonds. The zero-order valence-corrected chi connectivity index (χ0v) is 17.8. The normalized spacial score (nSPS) is 18.7. The van der Waals surface area contributed by atoms with Gasteiger partial charge >= 0.3 is 6.18 Å². The SMILES string of the molecule is CCNC(=NCCC(O)(c1nccn1C)C(F)(F)F)NCCOC1CCCCCC1. The van der Waals surface area contributed by atoms with Gasteiger partial charge in [-0.15, -0.1) is 0 Å². The van der Waals surface area contributed by atoms with Crippen molar-refractivity contribution in [2.24, 2.45) is 12.0 Å². The first kappa shape index (κ1) is 24.5. The second-order valence-electron chi connectivity index (χ2n) is 7.64. The van der Waals surface area contributed by atoms with Crippen LogP contribution in [0.1, 0.15) is 57.7 Å². The van der Waals surface area contributed by atoms with Crippen LogP contribution in [0, 0.1) is 0 Å². The van der Waals surface area contributed by atoms with Gasteiger partial charge in [0.05, 0.1) is 12.7 Å². The monoisotopic (exact) mass is 433 g/mol. The van der Waals surface area contributed by atoms with Crippen molar-refractivity contribution in [3.05, 3.63) is 18.2 Å². The summed E-state index contributed by atoms with van der Waals surface area (Å²) in [5, 5.41) is 16.5. The topological polar surface area (TPSA) is 83.7 Å². The molecule has 1 heterocycles. The molecule has 1 aromatic heterocycles. The summed E-state index contributed by atoms with van der Waals surface area (Å²) >= 11 is 0. The molecule has 0 aromatic carbocycles. The molecule has 2 rings (SSSR count). The third kappa shape index (κ3) is 6.87. The minimum absolute atomic E-state index is 0.221. The number of hydrogen-bond donors (Lipinski definition) is 3. The summed E-state index contributed by atoms with van der Waals surface area (Å²) in [6, 6.07) is 0. The number of guanidine groups is 1. The molecule has 7 nitrogen and oxygen atoms in total. The van der Waals surface area contributed by atoms with Gasteiger partial charge < -0.3 is 25.0 Å². The minimum Gasteiger partial charge on any atom is -0.376 e. The van der Waals surface area contributed by atoms with E-state index in [-0.39, 0.29) is 12.6 Å². The summed E-state index contributed by atoms with van der Waals surface area (Å²) in [7, 11) is 1.42. The standard InChI is InChI=1S/C20H34F3N5O2/c1-3-24-18(27-13-15-30-16-8-6-4-5-7-9-16)26-11-10-19(29,20(21,22)23)17-25-12-14-28(17)2/h12,14,16,29H,3-11,13,15H2,1-2H3,(H2,24,26,27). The molecule has 0 radical (unpaired) electrons. The van der Waals surface area contributed by atoms with Gasteiger partial charge in [0.25, 0.3) is 0 Å². The number of imidazole rings is 1. The van der Waals surface area contributed by atoms with Gasteiger partial charge in [0.15, 0.2) is 5.96 Å². The van der Waals surface area contributed by atoms with Crippen LogP contribution in [0.2, 0.25) is 0 Å². The predicted octanol–water partition coefficient (Wildman–Crippen LogP) is 2.85. The molecule has 1 aromatic rings. The molecule has 10 heteroatoms. The van der Waals surface area contributed by atoms with Crippen molar-refractivity contribution in [1.29, 1.82) is 0 Å². The van der Waals surface area contributed by atoms with Gasteiger partial charge in [-0.25, -0.2) is 4.98 Å². The maximum atomic E-state index is 13.6. The molecule has 1 aliphatic rings. The van der Waals surface area contributed by atoms with E-state index in [9.17, 15) is 18.3 Å². The van der Waals surface area contributed by atoms with Crippen molar-refractivity contribution in [3.63, 3.8) is 0 Å². The molecule has 0 bridgehead atoms. The van der Waals surface area contributed by atoms with Crippen molar-refractivity contribution >= 4 is 5.96 Å². The summed E-state index contributed by atoms with van der Waals surface area (Å²) in [5.74, 6) is -0.0497. The molecular weight excluding hydrogens is 399 g/mol. The maximum absolute atomic E-state index is 13.6.